The number of ether oxygens (including phenoxy) is 1. The van der Waals surface area contributed by atoms with Gasteiger partial charge in [0.1, 0.15) is 5.15 Å². The third-order valence-corrected chi connectivity index (χ3v) is 4.87. The molecule has 1 heterocycles. The van der Waals surface area contributed by atoms with Crippen molar-refractivity contribution in [2.75, 3.05) is 0 Å². The lowest BCUT2D eigenvalue weighted by Crippen LogP contribution is -2.40. The third-order valence-electron chi connectivity index (χ3n) is 2.10. The van der Waals surface area contributed by atoms with Crippen LogP contribution in [-0.4, -0.2) is 23.8 Å². The molecular formula is C9H15ClN2OSi. The van der Waals surface area contributed by atoms with E-state index in [2.05, 4.69) is 36.5 Å². The van der Waals surface area contributed by atoms with Crippen molar-refractivity contribution in [3.63, 3.8) is 0 Å². The fourth-order valence-corrected chi connectivity index (χ4v) is 1.30. The number of hydrogen-bond acceptors (Lipinski definition) is 3. The molecule has 1 aromatic rings. The summed E-state index contributed by atoms with van der Waals surface area (Å²) in [6.45, 7) is 8.77. The molecule has 0 aromatic carbocycles. The summed E-state index contributed by atoms with van der Waals surface area (Å²) in [4.78, 5) is 7.98. The van der Waals surface area contributed by atoms with E-state index in [1.807, 2.05) is 0 Å². The zero-order chi connectivity index (χ0) is 10.8. The fraction of sp³-hybridized carbons (Fsp3) is 0.556. The summed E-state index contributed by atoms with van der Waals surface area (Å²) in [6.07, 6.45) is 1.60. The second kappa shape index (κ2) is 4.27. The molecule has 78 valence electrons. The molecule has 1 aromatic heterocycles. The van der Waals surface area contributed by atoms with Gasteiger partial charge in [-0.25, -0.2) is 4.98 Å². The van der Waals surface area contributed by atoms with E-state index >= 15 is 0 Å². The lowest BCUT2D eigenvalue weighted by molar-refractivity contribution is 0.265. The van der Waals surface area contributed by atoms with Gasteiger partial charge in [0.15, 0.2) is 0 Å². The first-order valence-corrected chi connectivity index (χ1v) is 8.50. The molecule has 0 aliphatic rings. The topological polar surface area (TPSA) is 35.0 Å². The van der Waals surface area contributed by atoms with Crippen LogP contribution in [0.2, 0.25) is 24.8 Å². The number of nitrogens with zero attached hydrogens (tertiary/aromatic N) is 2. The van der Waals surface area contributed by atoms with Gasteiger partial charge in [-0.2, -0.15) is 4.98 Å². The molecule has 1 unspecified atom stereocenters. The van der Waals surface area contributed by atoms with Crippen LogP contribution in [0.25, 0.3) is 0 Å². The molecule has 0 fully saturated rings. The Morgan fingerprint density at radius 1 is 1.43 bits per heavy atom. The summed E-state index contributed by atoms with van der Waals surface area (Å²) in [5, 5.41) is 0.415. The largest absolute Gasteiger partial charge is 0.464 e. The Balaban J connectivity index is 2.70. The molecule has 14 heavy (non-hydrogen) atoms. The molecule has 0 amide bonds. The monoisotopic (exact) mass is 230 g/mol. The Hall–Kier alpha value is -0.613. The Morgan fingerprint density at radius 3 is 2.57 bits per heavy atom. The second-order valence-electron chi connectivity index (χ2n) is 4.29. The van der Waals surface area contributed by atoms with Gasteiger partial charge in [-0.15, -0.1) is 0 Å². The first-order chi connectivity index (χ1) is 6.39. The van der Waals surface area contributed by atoms with Gasteiger partial charge >= 0.3 is 6.01 Å². The van der Waals surface area contributed by atoms with E-state index in [0.717, 1.165) is 0 Å². The van der Waals surface area contributed by atoms with Crippen LogP contribution in [-0.2, 0) is 0 Å². The van der Waals surface area contributed by atoms with E-state index in [1.54, 1.807) is 12.3 Å². The maximum Gasteiger partial charge on any atom is 0.317 e. The molecule has 0 saturated heterocycles. The molecule has 0 N–H and O–H groups in total. The Bertz CT molecular complexity index is 314. The molecule has 0 aliphatic heterocycles. The minimum Gasteiger partial charge on any atom is -0.464 e. The van der Waals surface area contributed by atoms with Crippen LogP contribution in [0, 0.1) is 0 Å². The predicted octanol–water partition coefficient (Wildman–Crippen LogP) is 2.77. The first-order valence-electron chi connectivity index (χ1n) is 4.55. The van der Waals surface area contributed by atoms with Gasteiger partial charge in [0.05, 0.1) is 13.8 Å². The smallest absolute Gasteiger partial charge is 0.317 e. The van der Waals surface area contributed by atoms with Crippen molar-refractivity contribution < 1.29 is 4.74 Å². The van der Waals surface area contributed by atoms with Crippen LogP contribution >= 0.6 is 11.6 Å². The van der Waals surface area contributed by atoms with Crippen molar-refractivity contribution in [2.24, 2.45) is 0 Å². The zero-order valence-electron chi connectivity index (χ0n) is 8.91. The maximum absolute atomic E-state index is 5.72. The first kappa shape index (κ1) is 11.5. The molecule has 0 bridgehead atoms. The van der Waals surface area contributed by atoms with Gasteiger partial charge < -0.3 is 4.74 Å². The van der Waals surface area contributed by atoms with Crippen molar-refractivity contribution in [2.45, 2.75) is 32.3 Å². The van der Waals surface area contributed by atoms with Crippen LogP contribution < -0.4 is 4.74 Å². The van der Waals surface area contributed by atoms with Crippen molar-refractivity contribution in [3.05, 3.63) is 17.4 Å². The van der Waals surface area contributed by atoms with E-state index in [1.165, 1.54) is 0 Å². The average Bonchev–Trinajstić information content (AvgIpc) is 2.02. The highest BCUT2D eigenvalue weighted by Crippen LogP contribution is 2.15. The van der Waals surface area contributed by atoms with Gasteiger partial charge in [0.25, 0.3) is 0 Å². The molecular weight excluding hydrogens is 216 g/mol. The summed E-state index contributed by atoms with van der Waals surface area (Å²) < 4.78 is 5.61. The van der Waals surface area contributed by atoms with Crippen LogP contribution in [0.1, 0.15) is 6.92 Å². The fourth-order valence-electron chi connectivity index (χ4n) is 0.712. The molecule has 3 nitrogen and oxygen atoms in total. The minimum absolute atomic E-state index is 0.181. The summed E-state index contributed by atoms with van der Waals surface area (Å²) in [7, 11) is -1.31. The third kappa shape index (κ3) is 3.27. The van der Waals surface area contributed by atoms with E-state index < -0.39 is 8.07 Å². The predicted molar refractivity (Wildman–Crippen MR) is 60.5 cm³/mol. The maximum atomic E-state index is 5.72. The number of halogens is 1. The van der Waals surface area contributed by atoms with Gasteiger partial charge in [0, 0.05) is 6.20 Å². The molecule has 5 heteroatoms. The van der Waals surface area contributed by atoms with Crippen LogP contribution in [0.15, 0.2) is 12.3 Å². The molecule has 0 aliphatic carbocycles. The lowest BCUT2D eigenvalue weighted by atomic mass is 10.7. The highest BCUT2D eigenvalue weighted by atomic mass is 35.5. The summed E-state index contributed by atoms with van der Waals surface area (Å²) in [6, 6.07) is 2.00. The van der Waals surface area contributed by atoms with Crippen molar-refractivity contribution >= 4 is 19.7 Å². The quantitative estimate of drug-likeness (QED) is 0.592. The Kier molecular flexibility index (Phi) is 3.50. The van der Waals surface area contributed by atoms with Crippen molar-refractivity contribution in [3.8, 4) is 6.01 Å². The zero-order valence-corrected chi connectivity index (χ0v) is 10.7. The molecule has 1 atom stereocenters. The average molecular weight is 231 g/mol. The highest BCUT2D eigenvalue weighted by Gasteiger charge is 2.25. The number of hydrogen-bond donors (Lipinski definition) is 0. The standard InChI is InChI=1S/C9H15ClN2OSi/c1-7(14(2,3)4)13-9-11-6-5-8(10)12-9/h5-7H,1-4H3. The van der Waals surface area contributed by atoms with Crippen molar-refractivity contribution in [1.29, 1.82) is 0 Å². The van der Waals surface area contributed by atoms with E-state index in [9.17, 15) is 0 Å². The van der Waals surface area contributed by atoms with E-state index in [-0.39, 0.29) is 5.73 Å². The van der Waals surface area contributed by atoms with E-state index in [4.69, 9.17) is 16.3 Å². The normalized spacial score (nSPS) is 13.8. The van der Waals surface area contributed by atoms with Gasteiger partial charge in [-0.3, -0.25) is 0 Å². The summed E-state index contributed by atoms with van der Waals surface area (Å²) in [5.74, 6) is 0. The number of aromatic nitrogens is 2. The van der Waals surface area contributed by atoms with Gasteiger partial charge in [0.2, 0.25) is 0 Å². The lowest BCUT2D eigenvalue weighted by Gasteiger charge is -2.24. The summed E-state index contributed by atoms with van der Waals surface area (Å²) in [5.41, 5.74) is 0.181. The second-order valence-corrected chi connectivity index (χ2v) is 10.2. The minimum atomic E-state index is -1.31. The SMILES string of the molecule is CC(Oc1nccc(Cl)n1)[Si](C)(C)C. The van der Waals surface area contributed by atoms with Crippen molar-refractivity contribution in [1.82, 2.24) is 9.97 Å². The van der Waals surface area contributed by atoms with Crippen LogP contribution in [0.5, 0.6) is 6.01 Å². The number of rotatable bonds is 3. The Labute approximate surface area is 90.5 Å². The highest BCUT2D eigenvalue weighted by molar-refractivity contribution is 6.77. The molecule has 0 spiro atoms. The van der Waals surface area contributed by atoms with Crippen LogP contribution in [0.4, 0.5) is 0 Å². The summed E-state index contributed by atoms with van der Waals surface area (Å²) >= 11 is 5.72. The van der Waals surface area contributed by atoms with Crippen LogP contribution in [0.3, 0.4) is 0 Å². The molecule has 0 saturated carbocycles. The van der Waals surface area contributed by atoms with E-state index in [0.29, 0.717) is 11.2 Å². The van der Waals surface area contributed by atoms with Gasteiger partial charge in [-0.05, 0) is 13.0 Å². The van der Waals surface area contributed by atoms with Gasteiger partial charge in [-0.1, -0.05) is 31.2 Å². The molecule has 1 rings (SSSR count). The molecule has 0 radical (unpaired) electrons. The Morgan fingerprint density at radius 2 is 2.07 bits per heavy atom.